The highest BCUT2D eigenvalue weighted by Gasteiger charge is 2.41. The van der Waals surface area contributed by atoms with E-state index in [4.69, 9.17) is 0 Å². The molecule has 2 aliphatic carbocycles. The molecule has 32 heavy (non-hydrogen) atoms. The number of hydrogen-bond acceptors (Lipinski definition) is 7. The van der Waals surface area contributed by atoms with Crippen molar-refractivity contribution in [1.82, 2.24) is 0 Å². The van der Waals surface area contributed by atoms with Gasteiger partial charge in [-0.05, 0) is 40.8 Å². The highest BCUT2D eigenvalue weighted by molar-refractivity contribution is 6.28. The van der Waals surface area contributed by atoms with E-state index < -0.39 is 26.2 Å². The van der Waals surface area contributed by atoms with Crippen LogP contribution >= 0.6 is 0 Å². The highest BCUT2D eigenvalue weighted by Crippen LogP contribution is 2.44. The van der Waals surface area contributed by atoms with Crippen molar-refractivity contribution in [3.05, 3.63) is 113 Å². The lowest BCUT2D eigenvalue weighted by Crippen LogP contribution is -2.20. The molecule has 0 heterocycles. The van der Waals surface area contributed by atoms with Crippen LogP contribution in [0.25, 0.3) is 11.6 Å². The summed E-state index contributed by atoms with van der Waals surface area (Å²) in [5.41, 5.74) is 1.31. The number of allylic oxidation sites excluding steroid dienone is 3. The SMILES string of the molecule is CC(C)c1ccccc1N=C1C2=Cc3cc([N+](=O)[O-])ccc3C2=C([N+](=O)[O-])C=C1[N+](=O)[O-]. The summed E-state index contributed by atoms with van der Waals surface area (Å²) < 4.78 is 0. The van der Waals surface area contributed by atoms with Gasteiger partial charge in [0.1, 0.15) is 5.71 Å². The van der Waals surface area contributed by atoms with Crippen LogP contribution in [-0.2, 0) is 0 Å². The average molecular weight is 432 g/mol. The lowest BCUT2D eigenvalue weighted by molar-refractivity contribution is -0.428. The largest absolute Gasteiger partial charge is 0.302 e. The van der Waals surface area contributed by atoms with Gasteiger partial charge < -0.3 is 0 Å². The molecule has 0 saturated carbocycles. The normalized spacial score (nSPS) is 15.9. The molecule has 0 saturated heterocycles. The molecule has 2 aliphatic rings. The van der Waals surface area contributed by atoms with Crippen molar-refractivity contribution >= 4 is 28.7 Å². The predicted octanol–water partition coefficient (Wildman–Crippen LogP) is 5.05. The maximum Gasteiger partial charge on any atom is 0.302 e. The van der Waals surface area contributed by atoms with Crippen molar-refractivity contribution in [2.45, 2.75) is 19.8 Å². The average Bonchev–Trinajstić information content (AvgIpc) is 3.12. The molecule has 0 bridgehead atoms. The Balaban J connectivity index is 2.01. The maximum atomic E-state index is 11.8. The summed E-state index contributed by atoms with van der Waals surface area (Å²) in [5.74, 6) is 0.0870. The highest BCUT2D eigenvalue weighted by atomic mass is 16.6. The fourth-order valence-electron chi connectivity index (χ4n) is 3.85. The first-order valence-corrected chi connectivity index (χ1v) is 9.63. The number of rotatable bonds is 5. The van der Waals surface area contributed by atoms with Gasteiger partial charge in [-0.1, -0.05) is 32.0 Å². The van der Waals surface area contributed by atoms with Crippen LogP contribution in [-0.4, -0.2) is 20.5 Å². The van der Waals surface area contributed by atoms with E-state index >= 15 is 0 Å². The Morgan fingerprint density at radius 3 is 2.22 bits per heavy atom. The summed E-state index contributed by atoms with van der Waals surface area (Å²) in [6, 6.07) is 11.1. The second kappa shape index (κ2) is 7.65. The Hall–Kier alpha value is -4.47. The molecule has 2 aromatic carbocycles. The van der Waals surface area contributed by atoms with Gasteiger partial charge in [-0.15, -0.1) is 0 Å². The van der Waals surface area contributed by atoms with Crippen LogP contribution in [0.2, 0.25) is 0 Å². The lowest BCUT2D eigenvalue weighted by atomic mass is 9.91. The molecule has 0 aliphatic heterocycles. The first-order chi connectivity index (χ1) is 15.2. The van der Waals surface area contributed by atoms with Crippen LogP contribution < -0.4 is 0 Å². The smallest absolute Gasteiger partial charge is 0.258 e. The van der Waals surface area contributed by atoms with Gasteiger partial charge in [-0.3, -0.25) is 30.3 Å². The van der Waals surface area contributed by atoms with Crippen LogP contribution in [0.1, 0.15) is 36.5 Å². The Bertz CT molecular complexity index is 1330. The third-order valence-corrected chi connectivity index (χ3v) is 5.30. The number of hydrogen-bond donors (Lipinski definition) is 0. The zero-order valence-electron chi connectivity index (χ0n) is 17.0. The second-order valence-corrected chi connectivity index (χ2v) is 7.56. The molecule has 4 rings (SSSR count). The second-order valence-electron chi connectivity index (χ2n) is 7.56. The van der Waals surface area contributed by atoms with Gasteiger partial charge in [-0.25, -0.2) is 4.99 Å². The van der Waals surface area contributed by atoms with Gasteiger partial charge in [0.15, 0.2) is 0 Å². The van der Waals surface area contributed by atoms with Crippen molar-refractivity contribution in [3.63, 3.8) is 0 Å². The molecule has 0 aromatic heterocycles. The van der Waals surface area contributed by atoms with Crippen LogP contribution in [0, 0.1) is 30.3 Å². The lowest BCUT2D eigenvalue weighted by Gasteiger charge is -2.15. The Kier molecular flexibility index (Phi) is 4.97. The molecule has 2 aromatic rings. The van der Waals surface area contributed by atoms with E-state index in [2.05, 4.69) is 4.99 Å². The van der Waals surface area contributed by atoms with Gasteiger partial charge in [0.25, 0.3) is 11.4 Å². The van der Waals surface area contributed by atoms with Gasteiger partial charge >= 0.3 is 5.70 Å². The van der Waals surface area contributed by atoms with Crippen LogP contribution in [0.4, 0.5) is 11.4 Å². The van der Waals surface area contributed by atoms with Gasteiger partial charge in [0.2, 0.25) is 0 Å². The number of aliphatic imine (C=N–C) groups is 1. The van der Waals surface area contributed by atoms with Crippen molar-refractivity contribution < 1.29 is 14.8 Å². The van der Waals surface area contributed by atoms with Crippen LogP contribution in [0.15, 0.2) is 70.5 Å². The standard InChI is InChI=1S/C22H16N4O6/c1-12(2)15-5-3-4-6-18(15)23-22-17-10-13-9-14(24(27)28)7-8-16(13)21(17)19(25(29)30)11-20(22)26(31)32/h3-12H,1-2H3. The fourth-order valence-corrected chi connectivity index (χ4v) is 3.85. The molecule has 10 heteroatoms. The summed E-state index contributed by atoms with van der Waals surface area (Å²) in [5, 5.41) is 34.8. The van der Waals surface area contributed by atoms with Crippen molar-refractivity contribution in [2.24, 2.45) is 4.99 Å². The summed E-state index contributed by atoms with van der Waals surface area (Å²) in [6.07, 6.45) is 2.38. The number of fused-ring (bicyclic) bond motifs is 3. The maximum absolute atomic E-state index is 11.8. The molecule has 10 nitrogen and oxygen atoms in total. The van der Waals surface area contributed by atoms with Crippen molar-refractivity contribution in [2.75, 3.05) is 0 Å². The van der Waals surface area contributed by atoms with E-state index in [1.807, 2.05) is 26.0 Å². The molecular weight excluding hydrogens is 416 g/mol. The molecule has 0 atom stereocenters. The third kappa shape index (κ3) is 3.37. The van der Waals surface area contributed by atoms with Crippen molar-refractivity contribution in [3.8, 4) is 0 Å². The Labute approximate surface area is 181 Å². The number of nitrogens with zero attached hydrogens (tertiary/aromatic N) is 4. The molecule has 0 spiro atoms. The third-order valence-electron chi connectivity index (χ3n) is 5.30. The molecule has 160 valence electrons. The number of nitro benzene ring substituents is 1. The summed E-state index contributed by atoms with van der Waals surface area (Å²) >= 11 is 0. The summed E-state index contributed by atoms with van der Waals surface area (Å²) in [4.78, 5) is 37.4. The van der Waals surface area contributed by atoms with Crippen molar-refractivity contribution in [1.29, 1.82) is 0 Å². The van der Waals surface area contributed by atoms with Gasteiger partial charge in [0, 0.05) is 17.7 Å². The Morgan fingerprint density at radius 2 is 1.59 bits per heavy atom. The first kappa shape index (κ1) is 20.8. The molecule has 0 unspecified atom stereocenters. The van der Waals surface area contributed by atoms with E-state index in [-0.39, 0.29) is 28.5 Å². The zero-order chi connectivity index (χ0) is 23.2. The number of non-ortho nitro benzene ring substituents is 1. The van der Waals surface area contributed by atoms with E-state index in [0.717, 1.165) is 11.6 Å². The molecule has 0 radical (unpaired) electrons. The zero-order valence-corrected chi connectivity index (χ0v) is 17.0. The quantitative estimate of drug-likeness (QED) is 0.478. The van der Waals surface area contributed by atoms with Crippen LogP contribution in [0.3, 0.4) is 0 Å². The number of para-hydroxylation sites is 1. The first-order valence-electron chi connectivity index (χ1n) is 9.63. The predicted molar refractivity (Wildman–Crippen MR) is 118 cm³/mol. The molecule has 0 fully saturated rings. The minimum atomic E-state index is -0.705. The molecule has 0 amide bonds. The summed E-state index contributed by atoms with van der Waals surface area (Å²) in [7, 11) is 0. The van der Waals surface area contributed by atoms with E-state index in [9.17, 15) is 30.3 Å². The topological polar surface area (TPSA) is 142 Å². The van der Waals surface area contributed by atoms with Crippen LogP contribution in [0.5, 0.6) is 0 Å². The summed E-state index contributed by atoms with van der Waals surface area (Å²) in [6.45, 7) is 3.92. The molecule has 0 N–H and O–H groups in total. The van der Waals surface area contributed by atoms with E-state index in [1.54, 1.807) is 12.1 Å². The minimum Gasteiger partial charge on any atom is -0.258 e. The number of nitro groups is 3. The fraction of sp³-hybridized carbons (Fsp3) is 0.136. The minimum absolute atomic E-state index is 0.0254. The Morgan fingerprint density at radius 1 is 0.875 bits per heavy atom. The van der Waals surface area contributed by atoms with Gasteiger partial charge in [-0.2, -0.15) is 0 Å². The monoisotopic (exact) mass is 432 g/mol. The van der Waals surface area contributed by atoms with E-state index in [0.29, 0.717) is 16.8 Å². The number of benzene rings is 2. The van der Waals surface area contributed by atoms with Gasteiger partial charge in [0.05, 0.1) is 32.1 Å². The van der Waals surface area contributed by atoms with E-state index in [1.165, 1.54) is 24.3 Å². The molecular formula is C22H16N4O6.